The van der Waals surface area contributed by atoms with Gasteiger partial charge in [0.2, 0.25) is 0 Å². The Labute approximate surface area is 162 Å². The van der Waals surface area contributed by atoms with Crippen LogP contribution in [0.3, 0.4) is 0 Å². The second kappa shape index (κ2) is 16.4. The lowest BCUT2D eigenvalue weighted by Gasteiger charge is -1.99. The van der Waals surface area contributed by atoms with Crippen molar-refractivity contribution >= 4 is 54.5 Å². The average molecular weight is 411 g/mol. The Hall–Kier alpha value is 0.960. The summed E-state index contributed by atoms with van der Waals surface area (Å²) in [5.41, 5.74) is 0. The number of unbranched alkanes of at least 4 members (excludes halogenated alkanes) is 8. The maximum absolute atomic E-state index is 4.28. The van der Waals surface area contributed by atoms with Crippen LogP contribution in [-0.2, 0) is 0 Å². The van der Waals surface area contributed by atoms with E-state index < -0.39 is 0 Å². The van der Waals surface area contributed by atoms with E-state index in [1.165, 1.54) is 75.7 Å². The first-order valence-electron chi connectivity index (χ1n) is 8.79. The van der Waals surface area contributed by atoms with E-state index in [4.69, 9.17) is 0 Å². The molecule has 7 heteroatoms. The third-order valence-corrected chi connectivity index (χ3v) is 9.71. The Balaban J connectivity index is 1.97. The Kier molecular flexibility index (Phi) is 15.7. The van der Waals surface area contributed by atoms with Crippen LogP contribution >= 0.6 is 54.5 Å². The third kappa shape index (κ3) is 12.9. The molecule has 0 bridgehead atoms. The highest BCUT2D eigenvalue weighted by molar-refractivity contribution is 8.77. The van der Waals surface area contributed by atoms with Crippen LogP contribution in [0.15, 0.2) is 8.68 Å². The summed E-state index contributed by atoms with van der Waals surface area (Å²) >= 11 is 1.74. The van der Waals surface area contributed by atoms with Gasteiger partial charge in [0.05, 0.1) is 0 Å². The summed E-state index contributed by atoms with van der Waals surface area (Å²) in [7, 11) is 7.45. The van der Waals surface area contributed by atoms with Crippen molar-refractivity contribution in [3.05, 3.63) is 0 Å². The molecule has 0 aromatic carbocycles. The van der Waals surface area contributed by atoms with E-state index in [1.807, 2.05) is 21.6 Å². The molecule has 1 rings (SSSR count). The first kappa shape index (κ1) is 22.0. The molecular weight excluding hydrogens is 381 g/mol. The number of nitrogens with zero attached hydrogens (tertiary/aromatic N) is 2. The standard InChI is InChI=1S/C16H30N2S5/c1-3-5-7-9-11-13-19-22-15-17-18-16(21-15)23-20-14-12-10-8-6-4-2/h3-14H2,1-2H3. The monoisotopic (exact) mass is 410 g/mol. The lowest BCUT2D eigenvalue weighted by atomic mass is 10.2. The average Bonchev–Trinajstić information content (AvgIpc) is 3.01. The molecule has 0 aliphatic heterocycles. The van der Waals surface area contributed by atoms with Crippen molar-refractivity contribution in [2.75, 3.05) is 11.5 Å². The zero-order valence-electron chi connectivity index (χ0n) is 14.4. The largest absolute Gasteiger partial charge is 0.185 e. The molecule has 0 radical (unpaired) electrons. The van der Waals surface area contributed by atoms with E-state index in [0.717, 1.165) is 8.68 Å². The summed E-state index contributed by atoms with van der Waals surface area (Å²) in [5.74, 6) is 2.45. The van der Waals surface area contributed by atoms with Gasteiger partial charge < -0.3 is 0 Å². The van der Waals surface area contributed by atoms with Crippen LogP contribution in [-0.4, -0.2) is 21.7 Å². The molecule has 0 fully saturated rings. The van der Waals surface area contributed by atoms with E-state index in [2.05, 4.69) is 24.0 Å². The van der Waals surface area contributed by atoms with Gasteiger partial charge in [0.25, 0.3) is 0 Å². The van der Waals surface area contributed by atoms with Crippen LogP contribution in [0.1, 0.15) is 78.1 Å². The predicted molar refractivity (Wildman–Crippen MR) is 114 cm³/mol. The van der Waals surface area contributed by atoms with Gasteiger partial charge in [0.1, 0.15) is 0 Å². The minimum atomic E-state index is 1.11. The molecule has 0 N–H and O–H groups in total. The minimum Gasteiger partial charge on any atom is -0.130 e. The highest BCUT2D eigenvalue weighted by atomic mass is 33.1. The van der Waals surface area contributed by atoms with Crippen molar-refractivity contribution < 1.29 is 0 Å². The van der Waals surface area contributed by atoms with Gasteiger partial charge in [-0.1, -0.05) is 98.1 Å². The molecule has 2 nitrogen and oxygen atoms in total. The molecule has 0 saturated carbocycles. The van der Waals surface area contributed by atoms with E-state index >= 15 is 0 Å². The molecule has 0 unspecified atom stereocenters. The minimum absolute atomic E-state index is 1.11. The van der Waals surface area contributed by atoms with Crippen LogP contribution < -0.4 is 0 Å². The smallest absolute Gasteiger partial charge is 0.130 e. The molecule has 0 spiro atoms. The van der Waals surface area contributed by atoms with Gasteiger partial charge >= 0.3 is 0 Å². The van der Waals surface area contributed by atoms with E-state index in [-0.39, 0.29) is 0 Å². The van der Waals surface area contributed by atoms with Gasteiger partial charge in [-0.3, -0.25) is 0 Å². The lowest BCUT2D eigenvalue weighted by Crippen LogP contribution is -1.79. The van der Waals surface area contributed by atoms with Crippen molar-refractivity contribution in [2.45, 2.75) is 86.7 Å². The first-order valence-corrected chi connectivity index (χ1v) is 14.2. The third-order valence-electron chi connectivity index (χ3n) is 3.31. The maximum Gasteiger partial charge on any atom is 0.185 e. The second-order valence-corrected chi connectivity index (χ2v) is 11.8. The normalized spacial score (nSPS) is 11.2. The molecule has 1 aromatic heterocycles. The van der Waals surface area contributed by atoms with Gasteiger partial charge in [-0.05, 0) is 34.4 Å². The van der Waals surface area contributed by atoms with Gasteiger partial charge in [-0.15, -0.1) is 10.2 Å². The van der Waals surface area contributed by atoms with Crippen LogP contribution in [0.4, 0.5) is 0 Å². The molecule has 1 heterocycles. The Morgan fingerprint density at radius 3 is 1.52 bits per heavy atom. The molecular formula is C16H30N2S5. The van der Waals surface area contributed by atoms with Crippen molar-refractivity contribution in [1.82, 2.24) is 10.2 Å². The summed E-state index contributed by atoms with van der Waals surface area (Å²) in [6.07, 6.45) is 13.6. The Morgan fingerprint density at radius 1 is 0.652 bits per heavy atom. The fraction of sp³-hybridized carbons (Fsp3) is 0.875. The quantitative estimate of drug-likeness (QED) is 0.202. The van der Waals surface area contributed by atoms with E-state index in [9.17, 15) is 0 Å². The van der Waals surface area contributed by atoms with Gasteiger partial charge in [-0.2, -0.15) is 0 Å². The summed E-state index contributed by atoms with van der Waals surface area (Å²) in [6.45, 7) is 4.53. The highest BCUT2D eigenvalue weighted by Crippen LogP contribution is 2.39. The van der Waals surface area contributed by atoms with E-state index in [1.54, 1.807) is 32.9 Å². The fourth-order valence-corrected chi connectivity index (χ4v) is 7.85. The predicted octanol–water partition coefficient (Wildman–Crippen LogP) is 7.96. The number of aromatic nitrogens is 2. The summed E-state index contributed by atoms with van der Waals surface area (Å²) in [6, 6.07) is 0. The fourth-order valence-electron chi connectivity index (χ4n) is 1.98. The SMILES string of the molecule is CCCCCCCSSc1nnc(SSCCCCCCC)s1. The number of rotatable bonds is 16. The van der Waals surface area contributed by atoms with Crippen LogP contribution in [0, 0.1) is 0 Å². The van der Waals surface area contributed by atoms with Crippen LogP contribution in [0.5, 0.6) is 0 Å². The van der Waals surface area contributed by atoms with Gasteiger partial charge in [-0.25, -0.2) is 0 Å². The molecule has 0 atom stereocenters. The van der Waals surface area contributed by atoms with Gasteiger partial charge in [0.15, 0.2) is 8.68 Å². The number of hydrogen-bond acceptors (Lipinski definition) is 7. The zero-order chi connectivity index (χ0) is 16.6. The highest BCUT2D eigenvalue weighted by Gasteiger charge is 2.06. The molecule has 23 heavy (non-hydrogen) atoms. The molecule has 0 aliphatic rings. The van der Waals surface area contributed by atoms with Crippen LogP contribution in [0.2, 0.25) is 0 Å². The summed E-state index contributed by atoms with van der Waals surface area (Å²) < 4.78 is 2.21. The second-order valence-electron chi connectivity index (χ2n) is 5.47. The van der Waals surface area contributed by atoms with Crippen molar-refractivity contribution in [3.63, 3.8) is 0 Å². The zero-order valence-corrected chi connectivity index (χ0v) is 18.5. The topological polar surface area (TPSA) is 25.8 Å². The van der Waals surface area contributed by atoms with Crippen molar-refractivity contribution in [3.8, 4) is 0 Å². The Morgan fingerprint density at radius 2 is 1.09 bits per heavy atom. The molecule has 0 aliphatic carbocycles. The lowest BCUT2D eigenvalue weighted by molar-refractivity contribution is 0.660. The van der Waals surface area contributed by atoms with Crippen molar-refractivity contribution in [1.29, 1.82) is 0 Å². The van der Waals surface area contributed by atoms with E-state index in [0.29, 0.717) is 0 Å². The molecule has 1 aromatic rings. The molecule has 0 saturated heterocycles. The molecule has 0 amide bonds. The van der Waals surface area contributed by atoms with Crippen molar-refractivity contribution in [2.24, 2.45) is 0 Å². The van der Waals surface area contributed by atoms with Crippen LogP contribution in [0.25, 0.3) is 0 Å². The summed E-state index contributed by atoms with van der Waals surface area (Å²) in [5, 5.41) is 8.56. The number of hydrogen-bond donors (Lipinski definition) is 0. The van der Waals surface area contributed by atoms with Gasteiger partial charge in [0, 0.05) is 11.5 Å². The molecule has 134 valence electrons. The Bertz CT molecular complexity index is 341. The first-order chi connectivity index (χ1) is 11.4. The maximum atomic E-state index is 4.28. The summed E-state index contributed by atoms with van der Waals surface area (Å²) in [4.78, 5) is 0.